The van der Waals surface area contributed by atoms with E-state index in [0.717, 1.165) is 6.07 Å². The van der Waals surface area contributed by atoms with Gasteiger partial charge >= 0.3 is 6.18 Å². The van der Waals surface area contributed by atoms with Gasteiger partial charge in [0, 0.05) is 29.3 Å². The fraction of sp³-hybridized carbons (Fsp3) is 0.381. The number of methoxy groups -OCH3 is 1. The van der Waals surface area contributed by atoms with Crippen LogP contribution < -0.4 is 4.74 Å². The fourth-order valence-corrected chi connectivity index (χ4v) is 3.72. The molecule has 0 aliphatic rings. The number of benzene rings is 1. The molecule has 0 aliphatic carbocycles. The van der Waals surface area contributed by atoms with E-state index < -0.39 is 35.9 Å². The van der Waals surface area contributed by atoms with E-state index in [2.05, 4.69) is 9.97 Å². The predicted molar refractivity (Wildman–Crippen MR) is 101 cm³/mol. The van der Waals surface area contributed by atoms with Crippen molar-refractivity contribution in [3.63, 3.8) is 0 Å². The standard InChI is InChI=1S/C21H22F4N2O2/c1-19(2,16-10-14(22)6-7-17(16)29-3)12-20(28,21(23,24)25)11-15-9-13-5-4-8-26-18(13)27-15/h4-10,28H,11-12H2,1-3H3,(H,26,27)/t20-/m0/s1. The SMILES string of the molecule is COc1ccc(F)cc1C(C)(C)C[C@@](O)(Cc1cc2cccnc2[nH]1)C(F)(F)F. The fourth-order valence-electron chi connectivity index (χ4n) is 3.72. The van der Waals surface area contributed by atoms with Crippen LogP contribution in [0.1, 0.15) is 31.5 Å². The highest BCUT2D eigenvalue weighted by Gasteiger charge is 2.56. The van der Waals surface area contributed by atoms with E-state index in [1.807, 2.05) is 0 Å². The van der Waals surface area contributed by atoms with Gasteiger partial charge in [-0.2, -0.15) is 13.2 Å². The Morgan fingerprint density at radius 2 is 1.86 bits per heavy atom. The Bertz CT molecular complexity index is 980. The molecule has 0 bridgehead atoms. The Balaban J connectivity index is 1.99. The summed E-state index contributed by atoms with van der Waals surface area (Å²) in [7, 11) is 1.36. The summed E-state index contributed by atoms with van der Waals surface area (Å²) >= 11 is 0. The van der Waals surface area contributed by atoms with Crippen molar-refractivity contribution >= 4 is 11.0 Å². The zero-order chi connectivity index (χ0) is 21.4. The van der Waals surface area contributed by atoms with Gasteiger partial charge in [-0.1, -0.05) is 13.8 Å². The van der Waals surface area contributed by atoms with Crippen molar-refractivity contribution in [1.82, 2.24) is 9.97 Å². The van der Waals surface area contributed by atoms with Gasteiger partial charge in [-0.15, -0.1) is 0 Å². The average Bonchev–Trinajstić information content (AvgIpc) is 3.02. The van der Waals surface area contributed by atoms with Gasteiger partial charge in [-0.3, -0.25) is 0 Å². The van der Waals surface area contributed by atoms with Gasteiger partial charge in [0.1, 0.15) is 17.2 Å². The summed E-state index contributed by atoms with van der Waals surface area (Å²) in [6.45, 7) is 3.04. The van der Waals surface area contributed by atoms with Gasteiger partial charge in [0.25, 0.3) is 0 Å². The van der Waals surface area contributed by atoms with Gasteiger partial charge in [0.2, 0.25) is 0 Å². The number of aliphatic hydroxyl groups is 1. The lowest BCUT2D eigenvalue weighted by molar-refractivity contribution is -0.266. The van der Waals surface area contributed by atoms with E-state index in [-0.39, 0.29) is 17.0 Å². The molecule has 1 atom stereocenters. The molecule has 29 heavy (non-hydrogen) atoms. The van der Waals surface area contributed by atoms with Gasteiger partial charge in [-0.05, 0) is 48.2 Å². The minimum absolute atomic E-state index is 0.209. The number of aromatic amines is 1. The molecule has 156 valence electrons. The number of hydrogen-bond acceptors (Lipinski definition) is 3. The molecule has 1 aromatic carbocycles. The second kappa shape index (κ2) is 7.33. The van der Waals surface area contributed by atoms with Crippen LogP contribution in [0.4, 0.5) is 17.6 Å². The van der Waals surface area contributed by atoms with Crippen LogP contribution in [0.3, 0.4) is 0 Å². The molecule has 4 nitrogen and oxygen atoms in total. The summed E-state index contributed by atoms with van der Waals surface area (Å²) in [6.07, 6.45) is -4.76. The molecule has 8 heteroatoms. The number of halogens is 4. The average molecular weight is 410 g/mol. The molecular weight excluding hydrogens is 388 g/mol. The summed E-state index contributed by atoms with van der Waals surface area (Å²) in [5, 5.41) is 11.4. The van der Waals surface area contributed by atoms with E-state index in [1.54, 1.807) is 12.1 Å². The summed E-state index contributed by atoms with van der Waals surface area (Å²) in [4.78, 5) is 6.90. The lowest BCUT2D eigenvalue weighted by atomic mass is 9.73. The lowest BCUT2D eigenvalue weighted by Gasteiger charge is -2.38. The second-order valence-corrected chi connectivity index (χ2v) is 7.85. The van der Waals surface area contributed by atoms with Crippen LogP contribution in [-0.4, -0.2) is 34.0 Å². The summed E-state index contributed by atoms with van der Waals surface area (Å²) in [5.41, 5.74) is -3.38. The Morgan fingerprint density at radius 1 is 1.14 bits per heavy atom. The van der Waals surface area contributed by atoms with Gasteiger partial charge in [0.15, 0.2) is 5.60 Å². The molecule has 0 amide bonds. The number of fused-ring (bicyclic) bond motifs is 1. The molecule has 3 rings (SSSR count). The van der Waals surface area contributed by atoms with E-state index >= 15 is 0 Å². The molecule has 0 fully saturated rings. The molecule has 0 radical (unpaired) electrons. The number of pyridine rings is 1. The summed E-state index contributed by atoms with van der Waals surface area (Å²) in [5.74, 6) is -0.332. The van der Waals surface area contributed by atoms with Crippen molar-refractivity contribution in [3.8, 4) is 5.75 Å². The molecule has 0 saturated heterocycles. The van der Waals surface area contributed by atoms with Crippen LogP contribution in [0, 0.1) is 5.82 Å². The van der Waals surface area contributed by atoms with E-state index in [9.17, 15) is 22.7 Å². The maximum Gasteiger partial charge on any atom is 0.417 e. The third-order valence-corrected chi connectivity index (χ3v) is 5.08. The summed E-state index contributed by atoms with van der Waals surface area (Å²) in [6, 6.07) is 8.61. The van der Waals surface area contributed by atoms with Crippen LogP contribution in [0.25, 0.3) is 11.0 Å². The minimum Gasteiger partial charge on any atom is -0.496 e. The number of aromatic nitrogens is 2. The number of nitrogens with one attached hydrogen (secondary N) is 1. The molecule has 0 unspecified atom stereocenters. The molecule has 3 aromatic rings. The molecule has 2 N–H and O–H groups in total. The van der Waals surface area contributed by atoms with Crippen LogP contribution in [0.5, 0.6) is 5.75 Å². The lowest BCUT2D eigenvalue weighted by Crippen LogP contribution is -2.51. The van der Waals surface area contributed by atoms with Crippen molar-refractivity contribution in [2.45, 2.75) is 43.9 Å². The quantitative estimate of drug-likeness (QED) is 0.568. The van der Waals surface area contributed by atoms with Gasteiger partial charge in [-0.25, -0.2) is 9.37 Å². The largest absolute Gasteiger partial charge is 0.496 e. The van der Waals surface area contributed by atoms with Gasteiger partial charge < -0.3 is 14.8 Å². The highest BCUT2D eigenvalue weighted by Crippen LogP contribution is 2.45. The maximum absolute atomic E-state index is 14.0. The molecular formula is C21H22F4N2O2. The Kier molecular flexibility index (Phi) is 5.34. The topological polar surface area (TPSA) is 58.1 Å². The normalized spacial score (nSPS) is 14.8. The predicted octanol–water partition coefficient (Wildman–Crippen LogP) is 4.91. The number of hydrogen-bond donors (Lipinski definition) is 2. The number of H-pyrrole nitrogens is 1. The molecule has 2 heterocycles. The first-order chi connectivity index (χ1) is 13.4. The maximum atomic E-state index is 14.0. The highest BCUT2D eigenvalue weighted by atomic mass is 19.4. The van der Waals surface area contributed by atoms with E-state index in [1.165, 1.54) is 45.4 Å². The van der Waals surface area contributed by atoms with Crippen LogP contribution in [-0.2, 0) is 11.8 Å². The Hall–Kier alpha value is -2.61. The first-order valence-electron chi connectivity index (χ1n) is 9.01. The van der Waals surface area contributed by atoms with Gasteiger partial charge in [0.05, 0.1) is 7.11 Å². The Labute approximate surface area is 165 Å². The van der Waals surface area contributed by atoms with Crippen LogP contribution in [0.2, 0.25) is 0 Å². The van der Waals surface area contributed by atoms with Crippen molar-refractivity contribution in [2.24, 2.45) is 0 Å². The molecule has 0 aliphatic heterocycles. The number of alkyl halides is 3. The smallest absolute Gasteiger partial charge is 0.417 e. The second-order valence-electron chi connectivity index (χ2n) is 7.85. The molecule has 2 aromatic heterocycles. The van der Waals surface area contributed by atoms with E-state index in [4.69, 9.17) is 4.74 Å². The van der Waals surface area contributed by atoms with Crippen LogP contribution in [0.15, 0.2) is 42.6 Å². The summed E-state index contributed by atoms with van der Waals surface area (Å²) < 4.78 is 60.9. The van der Waals surface area contributed by atoms with Crippen LogP contribution >= 0.6 is 0 Å². The van der Waals surface area contributed by atoms with Crippen molar-refractivity contribution in [1.29, 1.82) is 0 Å². The first kappa shape index (κ1) is 21.1. The number of nitrogens with zero attached hydrogens (tertiary/aromatic N) is 1. The molecule has 0 saturated carbocycles. The molecule has 0 spiro atoms. The number of ether oxygens (including phenoxy) is 1. The minimum atomic E-state index is -4.91. The van der Waals surface area contributed by atoms with Crippen molar-refractivity contribution in [3.05, 3.63) is 59.7 Å². The Morgan fingerprint density at radius 3 is 2.48 bits per heavy atom. The zero-order valence-corrected chi connectivity index (χ0v) is 16.3. The number of rotatable bonds is 6. The van der Waals surface area contributed by atoms with E-state index in [0.29, 0.717) is 11.0 Å². The zero-order valence-electron chi connectivity index (χ0n) is 16.3. The third kappa shape index (κ3) is 4.22. The van der Waals surface area contributed by atoms with Crippen molar-refractivity contribution in [2.75, 3.05) is 7.11 Å². The third-order valence-electron chi connectivity index (χ3n) is 5.08. The first-order valence-corrected chi connectivity index (χ1v) is 9.01. The monoisotopic (exact) mass is 410 g/mol. The van der Waals surface area contributed by atoms with Crippen molar-refractivity contribution < 1.29 is 27.4 Å². The highest BCUT2D eigenvalue weighted by molar-refractivity contribution is 5.76.